The van der Waals surface area contributed by atoms with Gasteiger partial charge < -0.3 is 9.64 Å². The smallest absolute Gasteiger partial charge is 0.266 e. The molecule has 0 saturated heterocycles. The quantitative estimate of drug-likeness (QED) is 0.313. The Morgan fingerprint density at radius 2 is 1.79 bits per heavy atom. The molecule has 34 heavy (non-hydrogen) atoms. The van der Waals surface area contributed by atoms with E-state index in [1.54, 1.807) is 34.8 Å². The maximum Gasteiger partial charge on any atom is 0.266 e. The van der Waals surface area contributed by atoms with Crippen LogP contribution in [0.3, 0.4) is 0 Å². The molecule has 4 aromatic rings. The summed E-state index contributed by atoms with van der Waals surface area (Å²) < 4.78 is 7.78. The van der Waals surface area contributed by atoms with Gasteiger partial charge in [-0.05, 0) is 48.9 Å². The Bertz CT molecular complexity index is 1350. The molecule has 0 fully saturated rings. The number of fused-ring (bicyclic) bond motifs is 1. The molecule has 1 heterocycles. The van der Waals surface area contributed by atoms with E-state index in [1.165, 1.54) is 0 Å². The van der Waals surface area contributed by atoms with Gasteiger partial charge in [-0.3, -0.25) is 14.2 Å². The number of benzene rings is 3. The molecule has 7 heteroatoms. The first-order valence-electron chi connectivity index (χ1n) is 11.2. The van der Waals surface area contributed by atoms with E-state index in [4.69, 9.17) is 9.72 Å². The molecule has 6 nitrogen and oxygen atoms in total. The van der Waals surface area contributed by atoms with Gasteiger partial charge in [-0.15, -0.1) is 0 Å². The first kappa shape index (κ1) is 23.9. The molecule has 0 radical (unpaired) electrons. The Hall–Kier alpha value is -3.29. The van der Waals surface area contributed by atoms with Crippen molar-refractivity contribution in [3.05, 3.63) is 105 Å². The van der Waals surface area contributed by atoms with Crippen LogP contribution in [-0.4, -0.2) is 40.6 Å². The van der Waals surface area contributed by atoms with Crippen molar-refractivity contribution in [2.24, 2.45) is 0 Å². The zero-order valence-corrected chi connectivity index (χ0v) is 20.7. The Morgan fingerprint density at radius 1 is 1.06 bits per heavy atom. The second-order valence-electron chi connectivity index (χ2n) is 7.89. The molecule has 0 bridgehead atoms. The van der Waals surface area contributed by atoms with Gasteiger partial charge in [0.1, 0.15) is 5.82 Å². The fourth-order valence-electron chi connectivity index (χ4n) is 4.12. The third-order valence-electron chi connectivity index (χ3n) is 5.75. The highest BCUT2D eigenvalue weighted by Gasteiger charge is 2.29. The first-order chi connectivity index (χ1) is 16.5. The fraction of sp³-hybridized carbons (Fsp3) is 0.222. The molecule has 0 saturated carbocycles. The molecule has 3 aromatic carbocycles. The monoisotopic (exact) mass is 519 g/mol. The maximum atomic E-state index is 13.7. The van der Waals surface area contributed by atoms with E-state index in [2.05, 4.69) is 15.9 Å². The second-order valence-corrected chi connectivity index (χ2v) is 8.80. The normalized spacial score (nSPS) is 12.0. The molecule has 0 aliphatic rings. The maximum absolute atomic E-state index is 13.7. The van der Waals surface area contributed by atoms with Crippen molar-refractivity contribution in [2.45, 2.75) is 19.4 Å². The zero-order chi connectivity index (χ0) is 24.1. The van der Waals surface area contributed by atoms with E-state index in [-0.39, 0.29) is 11.5 Å². The number of aromatic nitrogens is 2. The fourth-order valence-corrected chi connectivity index (χ4v) is 4.52. The number of nitrogens with zero attached hydrogens (tertiary/aromatic N) is 3. The predicted molar refractivity (Wildman–Crippen MR) is 137 cm³/mol. The van der Waals surface area contributed by atoms with Crippen LogP contribution in [0.5, 0.6) is 0 Å². The van der Waals surface area contributed by atoms with Crippen molar-refractivity contribution in [3.8, 4) is 5.69 Å². The van der Waals surface area contributed by atoms with Crippen LogP contribution in [0.1, 0.15) is 35.6 Å². The summed E-state index contributed by atoms with van der Waals surface area (Å²) in [5.41, 5.74) is 1.71. The van der Waals surface area contributed by atoms with Gasteiger partial charge in [-0.1, -0.05) is 59.3 Å². The highest BCUT2D eigenvalue weighted by atomic mass is 79.9. The number of carbonyl (C=O) groups is 1. The van der Waals surface area contributed by atoms with E-state index in [9.17, 15) is 9.59 Å². The zero-order valence-electron chi connectivity index (χ0n) is 19.1. The molecule has 0 aliphatic heterocycles. The van der Waals surface area contributed by atoms with Crippen LogP contribution in [-0.2, 0) is 4.74 Å². The van der Waals surface area contributed by atoms with Gasteiger partial charge in [0.25, 0.3) is 11.5 Å². The van der Waals surface area contributed by atoms with Gasteiger partial charge in [-0.25, -0.2) is 4.98 Å². The Balaban J connectivity index is 1.93. The molecule has 1 aromatic heterocycles. The van der Waals surface area contributed by atoms with E-state index in [1.807, 2.05) is 67.6 Å². The number of rotatable bonds is 8. The minimum Gasteiger partial charge on any atom is -0.383 e. The summed E-state index contributed by atoms with van der Waals surface area (Å²) in [6.45, 7) is 2.71. The van der Waals surface area contributed by atoms with Gasteiger partial charge in [0.05, 0.1) is 29.2 Å². The summed E-state index contributed by atoms with van der Waals surface area (Å²) in [4.78, 5) is 34.1. The molecule has 4 rings (SSSR count). The number of ether oxygens (including phenoxy) is 1. The van der Waals surface area contributed by atoms with Crippen LogP contribution < -0.4 is 5.56 Å². The summed E-state index contributed by atoms with van der Waals surface area (Å²) in [7, 11) is 1.61. The lowest BCUT2D eigenvalue weighted by Gasteiger charge is -2.32. The largest absolute Gasteiger partial charge is 0.383 e. The summed E-state index contributed by atoms with van der Waals surface area (Å²) >= 11 is 3.46. The summed E-state index contributed by atoms with van der Waals surface area (Å²) in [5, 5.41) is 0.534. The third kappa shape index (κ3) is 4.81. The van der Waals surface area contributed by atoms with Gasteiger partial charge in [0, 0.05) is 23.7 Å². The van der Waals surface area contributed by atoms with Crippen molar-refractivity contribution >= 4 is 32.7 Å². The minimum atomic E-state index is -0.445. The Morgan fingerprint density at radius 3 is 2.50 bits per heavy atom. The van der Waals surface area contributed by atoms with E-state index in [0.717, 1.165) is 4.47 Å². The SMILES string of the molecule is CCC(c1nc2ccccc2c(=O)n1-c1ccccc1)N(CCOC)C(=O)c1cccc(Br)c1. The highest BCUT2D eigenvalue weighted by Crippen LogP contribution is 2.28. The summed E-state index contributed by atoms with van der Waals surface area (Å²) in [5.74, 6) is 0.379. The predicted octanol–water partition coefficient (Wildman–Crippen LogP) is 5.39. The molecule has 1 atom stereocenters. The molecule has 0 aliphatic carbocycles. The molecular formula is C27H26BrN3O3. The number of methoxy groups -OCH3 is 1. The van der Waals surface area contributed by atoms with Crippen LogP contribution in [0.25, 0.3) is 16.6 Å². The number of amides is 1. The van der Waals surface area contributed by atoms with Crippen LogP contribution in [0, 0.1) is 0 Å². The van der Waals surface area contributed by atoms with Crippen molar-refractivity contribution in [3.63, 3.8) is 0 Å². The molecule has 174 valence electrons. The Labute approximate surface area is 206 Å². The van der Waals surface area contributed by atoms with Crippen molar-refractivity contribution in [1.29, 1.82) is 0 Å². The van der Waals surface area contributed by atoms with E-state index in [0.29, 0.717) is 47.6 Å². The number of para-hydroxylation sites is 2. The Kier molecular flexibility index (Phi) is 7.55. The molecule has 0 spiro atoms. The lowest BCUT2D eigenvalue weighted by molar-refractivity contribution is 0.0579. The summed E-state index contributed by atoms with van der Waals surface area (Å²) in [6, 6.07) is 23.6. The lowest BCUT2D eigenvalue weighted by atomic mass is 10.1. The van der Waals surface area contributed by atoms with Crippen LogP contribution in [0.15, 0.2) is 88.1 Å². The standard InChI is InChI=1S/C27H26BrN3O3/c1-3-24(30(16-17-34-2)26(32)19-10-9-11-20(28)18-19)25-29-23-15-8-7-14-22(23)27(33)31(25)21-12-5-4-6-13-21/h4-15,18,24H,3,16-17H2,1-2H3. The van der Waals surface area contributed by atoms with Crippen LogP contribution in [0.4, 0.5) is 0 Å². The number of carbonyl (C=O) groups excluding carboxylic acids is 1. The van der Waals surface area contributed by atoms with E-state index < -0.39 is 6.04 Å². The van der Waals surface area contributed by atoms with E-state index >= 15 is 0 Å². The number of halogens is 1. The molecular weight excluding hydrogens is 494 g/mol. The molecule has 1 amide bonds. The molecule has 1 unspecified atom stereocenters. The lowest BCUT2D eigenvalue weighted by Crippen LogP contribution is -2.40. The van der Waals surface area contributed by atoms with Crippen molar-refractivity contribution in [2.75, 3.05) is 20.3 Å². The van der Waals surface area contributed by atoms with Crippen molar-refractivity contribution in [1.82, 2.24) is 14.5 Å². The highest BCUT2D eigenvalue weighted by molar-refractivity contribution is 9.10. The third-order valence-corrected chi connectivity index (χ3v) is 6.24. The summed E-state index contributed by atoms with van der Waals surface area (Å²) in [6.07, 6.45) is 0.571. The minimum absolute atomic E-state index is 0.146. The first-order valence-corrected chi connectivity index (χ1v) is 12.0. The van der Waals surface area contributed by atoms with Crippen LogP contribution in [0.2, 0.25) is 0 Å². The topological polar surface area (TPSA) is 64.4 Å². The second kappa shape index (κ2) is 10.8. The van der Waals surface area contributed by atoms with Gasteiger partial charge in [-0.2, -0.15) is 0 Å². The number of hydrogen-bond donors (Lipinski definition) is 0. The van der Waals surface area contributed by atoms with Gasteiger partial charge in [0.15, 0.2) is 0 Å². The van der Waals surface area contributed by atoms with Gasteiger partial charge >= 0.3 is 0 Å². The average molecular weight is 520 g/mol. The average Bonchev–Trinajstić information content (AvgIpc) is 2.86. The van der Waals surface area contributed by atoms with Gasteiger partial charge in [0.2, 0.25) is 0 Å². The number of hydrogen-bond acceptors (Lipinski definition) is 4. The van der Waals surface area contributed by atoms with Crippen molar-refractivity contribution < 1.29 is 9.53 Å². The molecule has 0 N–H and O–H groups in total. The van der Waals surface area contributed by atoms with Crippen LogP contribution >= 0.6 is 15.9 Å².